The van der Waals surface area contributed by atoms with Gasteiger partial charge in [-0.25, -0.2) is 0 Å². The molecule has 2 aliphatic rings. The summed E-state index contributed by atoms with van der Waals surface area (Å²) in [5.41, 5.74) is 5.24. The molecule has 0 bridgehead atoms. The van der Waals surface area contributed by atoms with E-state index in [1.807, 2.05) is 0 Å². The van der Waals surface area contributed by atoms with Crippen LogP contribution < -0.4 is 21.1 Å². The highest BCUT2D eigenvalue weighted by Crippen LogP contribution is 2.36. The van der Waals surface area contributed by atoms with Crippen molar-refractivity contribution in [2.75, 3.05) is 41.2 Å². The molecule has 1 aromatic heterocycles. The number of ether oxygens (including phenoxy) is 1. The lowest BCUT2D eigenvalue weighted by Gasteiger charge is -2.28. The number of halogens is 1. The summed E-state index contributed by atoms with van der Waals surface area (Å²) < 4.78 is 5.50. The molecule has 7 N–H and O–H groups in total. The number of nitrogens with two attached hydrogens (primary N) is 1. The largest absolute Gasteiger partial charge is 0.394 e. The molecule has 12 heteroatoms. The van der Waals surface area contributed by atoms with Crippen molar-refractivity contribution in [3.63, 3.8) is 0 Å². The summed E-state index contributed by atoms with van der Waals surface area (Å²) >= 11 is 5.63. The molecule has 0 spiro atoms. The van der Waals surface area contributed by atoms with Crippen molar-refractivity contribution in [2.45, 2.75) is 30.6 Å². The first kappa shape index (κ1) is 18.2. The zero-order valence-corrected chi connectivity index (χ0v) is 13.9. The van der Waals surface area contributed by atoms with Gasteiger partial charge in [0.05, 0.1) is 25.3 Å². The number of hydrogen-bond acceptors (Lipinski definition) is 10. The van der Waals surface area contributed by atoms with Gasteiger partial charge in [0.1, 0.15) is 24.0 Å². The Bertz CT molecular complexity index is 689. The Morgan fingerprint density at radius 2 is 2.16 bits per heavy atom. The Labute approximate surface area is 147 Å². The van der Waals surface area contributed by atoms with Crippen molar-refractivity contribution in [1.82, 2.24) is 9.97 Å². The second kappa shape index (κ2) is 6.94. The monoisotopic (exact) mass is 377 g/mol. The summed E-state index contributed by atoms with van der Waals surface area (Å²) in [5, 5.41) is 39.2. The number of aromatic nitrogens is 2. The van der Waals surface area contributed by atoms with E-state index >= 15 is 0 Å². The fourth-order valence-electron chi connectivity index (χ4n) is 3.07. The van der Waals surface area contributed by atoms with Crippen LogP contribution in [0.2, 0.25) is 0 Å². The SMILES string of the molecule is Nc1nc2c(c(=O)[nH]1)N(CC(O)CCl)CN2[C@@H]1O[C@H](CO)[C@@H](O)[C@H]1O. The summed E-state index contributed by atoms with van der Waals surface area (Å²) in [6.07, 6.45) is -5.52. The van der Waals surface area contributed by atoms with Crippen LogP contribution in [-0.2, 0) is 4.74 Å². The van der Waals surface area contributed by atoms with Crippen LogP contribution in [0.25, 0.3) is 0 Å². The van der Waals surface area contributed by atoms with E-state index in [0.717, 1.165) is 0 Å². The van der Waals surface area contributed by atoms with Gasteiger partial charge in [0.15, 0.2) is 12.0 Å². The van der Waals surface area contributed by atoms with Gasteiger partial charge in [0.25, 0.3) is 5.56 Å². The smallest absolute Gasteiger partial charge is 0.278 e. The van der Waals surface area contributed by atoms with Crippen molar-refractivity contribution in [2.24, 2.45) is 0 Å². The van der Waals surface area contributed by atoms with Crippen LogP contribution in [0, 0.1) is 0 Å². The van der Waals surface area contributed by atoms with Gasteiger partial charge in [0, 0.05) is 6.54 Å². The number of β-amino-alcohol motifs (C(OH)–C–C–N with tert-alkyl or cyclic N) is 1. The van der Waals surface area contributed by atoms with Gasteiger partial charge in [-0.05, 0) is 0 Å². The van der Waals surface area contributed by atoms with E-state index in [-0.39, 0.29) is 36.5 Å². The minimum Gasteiger partial charge on any atom is -0.394 e. The molecule has 0 amide bonds. The molecule has 3 rings (SSSR count). The number of alkyl halides is 1. The van der Waals surface area contributed by atoms with Crippen LogP contribution in [0.15, 0.2) is 4.79 Å². The van der Waals surface area contributed by atoms with Crippen molar-refractivity contribution in [3.05, 3.63) is 10.4 Å². The summed E-state index contributed by atoms with van der Waals surface area (Å²) in [7, 11) is 0. The zero-order chi connectivity index (χ0) is 18.3. The summed E-state index contributed by atoms with van der Waals surface area (Å²) in [5.74, 6) is -0.00177. The number of nitrogen functional groups attached to an aromatic ring is 1. The molecular formula is C13H20ClN5O6. The lowest BCUT2D eigenvalue weighted by atomic mass is 10.1. The van der Waals surface area contributed by atoms with Crippen LogP contribution in [0.1, 0.15) is 0 Å². The third kappa shape index (κ3) is 3.14. The Kier molecular flexibility index (Phi) is 5.04. The summed E-state index contributed by atoms with van der Waals surface area (Å²) in [6, 6.07) is 0. The molecule has 1 saturated heterocycles. The van der Waals surface area contributed by atoms with Crippen LogP contribution in [0.4, 0.5) is 17.5 Å². The number of aliphatic hydroxyl groups excluding tert-OH is 4. The van der Waals surface area contributed by atoms with Crippen LogP contribution in [0.3, 0.4) is 0 Å². The summed E-state index contributed by atoms with van der Waals surface area (Å²) in [6.45, 7) is -0.374. The standard InChI is InChI=1S/C13H20ClN5O6/c14-1-5(21)2-18-4-19(10-7(18)11(24)17-13(15)16-10)12-9(23)8(22)6(3-20)25-12/h5-6,8-9,12,20-23H,1-4H2,(H3,15,16,17,24)/t5?,6-,8-,9-,12-/m1/s1. The van der Waals surface area contributed by atoms with E-state index < -0.39 is 42.8 Å². The van der Waals surface area contributed by atoms with Gasteiger partial charge in [-0.3, -0.25) is 9.78 Å². The molecule has 0 saturated carbocycles. The maximum absolute atomic E-state index is 12.3. The van der Waals surface area contributed by atoms with Gasteiger partial charge < -0.3 is 40.7 Å². The van der Waals surface area contributed by atoms with E-state index in [1.54, 1.807) is 0 Å². The topological polar surface area (TPSA) is 168 Å². The second-order valence-corrected chi connectivity index (χ2v) is 6.30. The first-order valence-corrected chi connectivity index (χ1v) is 8.18. The van der Waals surface area contributed by atoms with E-state index in [9.17, 15) is 25.2 Å². The van der Waals surface area contributed by atoms with Crippen LogP contribution in [0.5, 0.6) is 0 Å². The molecule has 25 heavy (non-hydrogen) atoms. The third-order valence-corrected chi connectivity index (χ3v) is 4.60. The number of H-pyrrole nitrogens is 1. The molecule has 0 aromatic carbocycles. The first-order chi connectivity index (χ1) is 11.9. The Morgan fingerprint density at radius 1 is 1.44 bits per heavy atom. The quantitative estimate of drug-likeness (QED) is 0.290. The maximum Gasteiger partial charge on any atom is 0.278 e. The maximum atomic E-state index is 12.3. The van der Waals surface area contributed by atoms with E-state index in [0.29, 0.717) is 0 Å². The zero-order valence-electron chi connectivity index (χ0n) is 13.1. The number of nitrogens with zero attached hydrogens (tertiary/aromatic N) is 3. The fraction of sp³-hybridized carbons (Fsp3) is 0.692. The first-order valence-electron chi connectivity index (χ1n) is 7.65. The Morgan fingerprint density at radius 3 is 2.76 bits per heavy atom. The lowest BCUT2D eigenvalue weighted by molar-refractivity contribution is -0.0222. The highest BCUT2D eigenvalue weighted by Gasteiger charge is 2.48. The van der Waals surface area contributed by atoms with Crippen LogP contribution in [-0.4, -0.2) is 86.7 Å². The average Bonchev–Trinajstić information content (AvgIpc) is 3.06. The molecule has 140 valence electrons. The number of anilines is 3. The van der Waals surface area contributed by atoms with E-state index in [2.05, 4.69) is 9.97 Å². The van der Waals surface area contributed by atoms with Gasteiger partial charge >= 0.3 is 0 Å². The number of hydrogen-bond donors (Lipinski definition) is 6. The molecule has 0 radical (unpaired) electrons. The number of nitrogens with one attached hydrogen (secondary N) is 1. The fourth-order valence-corrected chi connectivity index (χ4v) is 3.17. The predicted octanol–water partition coefficient (Wildman–Crippen LogP) is -3.03. The Balaban J connectivity index is 1.96. The van der Waals surface area contributed by atoms with E-state index in [4.69, 9.17) is 22.1 Å². The Hall–Kier alpha value is -1.63. The minimum atomic E-state index is -1.33. The van der Waals surface area contributed by atoms with Crippen molar-refractivity contribution >= 4 is 29.1 Å². The average molecular weight is 378 g/mol. The summed E-state index contributed by atoms with van der Waals surface area (Å²) in [4.78, 5) is 21.7. The normalized spacial score (nSPS) is 30.0. The van der Waals surface area contributed by atoms with Gasteiger partial charge in [0.2, 0.25) is 5.95 Å². The number of aliphatic hydroxyl groups is 4. The van der Waals surface area contributed by atoms with Crippen molar-refractivity contribution < 1.29 is 25.2 Å². The predicted molar refractivity (Wildman–Crippen MR) is 88.4 cm³/mol. The van der Waals surface area contributed by atoms with Crippen molar-refractivity contribution in [1.29, 1.82) is 0 Å². The second-order valence-electron chi connectivity index (χ2n) is 5.99. The molecular weight excluding hydrogens is 358 g/mol. The highest BCUT2D eigenvalue weighted by molar-refractivity contribution is 6.18. The molecule has 11 nitrogen and oxygen atoms in total. The van der Waals surface area contributed by atoms with E-state index in [1.165, 1.54) is 9.80 Å². The highest BCUT2D eigenvalue weighted by atomic mass is 35.5. The third-order valence-electron chi connectivity index (χ3n) is 4.24. The molecule has 5 atom stereocenters. The molecule has 3 heterocycles. The number of fused-ring (bicyclic) bond motifs is 1. The van der Waals surface area contributed by atoms with Crippen LogP contribution >= 0.6 is 11.6 Å². The molecule has 2 aliphatic heterocycles. The van der Waals surface area contributed by atoms with Gasteiger partial charge in [-0.15, -0.1) is 11.6 Å². The van der Waals surface area contributed by atoms with Gasteiger partial charge in [-0.2, -0.15) is 4.98 Å². The number of aromatic amines is 1. The van der Waals surface area contributed by atoms with Gasteiger partial charge in [-0.1, -0.05) is 0 Å². The number of rotatable bonds is 5. The minimum absolute atomic E-state index is 0.0278. The molecule has 0 aliphatic carbocycles. The lowest BCUT2D eigenvalue weighted by Crippen LogP contribution is -2.47. The molecule has 1 fully saturated rings. The molecule has 1 unspecified atom stereocenters. The van der Waals surface area contributed by atoms with Crippen molar-refractivity contribution in [3.8, 4) is 0 Å². The molecule has 1 aromatic rings.